The lowest BCUT2D eigenvalue weighted by Gasteiger charge is -2.30. The van der Waals surface area contributed by atoms with E-state index in [1.54, 1.807) is 14.2 Å². The van der Waals surface area contributed by atoms with E-state index in [0.717, 1.165) is 18.3 Å². The van der Waals surface area contributed by atoms with E-state index in [1.165, 1.54) is 11.1 Å². The second-order valence-electron chi connectivity index (χ2n) is 6.56. The standard InChI is InChI=1S/C23H27NO3Si/c1-25-28(26-2,23-16-10-5-11-17-23)27-20-24(18-21-12-6-3-7-13-21)19-22-14-8-4-9-15-22/h3-17H,18-20H2,1-2H3. The zero-order chi connectivity index (χ0) is 19.7. The van der Waals surface area contributed by atoms with Crippen molar-refractivity contribution in [3.63, 3.8) is 0 Å². The molecule has 0 heterocycles. The minimum absolute atomic E-state index is 0.409. The van der Waals surface area contributed by atoms with Crippen molar-refractivity contribution in [2.45, 2.75) is 13.1 Å². The first kappa shape index (κ1) is 20.5. The topological polar surface area (TPSA) is 30.9 Å². The van der Waals surface area contributed by atoms with Gasteiger partial charge < -0.3 is 13.3 Å². The first-order valence-electron chi connectivity index (χ1n) is 9.36. The number of benzene rings is 3. The summed E-state index contributed by atoms with van der Waals surface area (Å²) in [6.07, 6.45) is 0. The monoisotopic (exact) mass is 393 g/mol. The van der Waals surface area contributed by atoms with E-state index in [2.05, 4.69) is 53.4 Å². The first-order valence-corrected chi connectivity index (χ1v) is 11.1. The van der Waals surface area contributed by atoms with Gasteiger partial charge in [-0.05, 0) is 11.1 Å². The third-order valence-corrected chi connectivity index (χ3v) is 7.22. The van der Waals surface area contributed by atoms with Gasteiger partial charge in [-0.25, -0.2) is 0 Å². The molecule has 0 aliphatic carbocycles. The van der Waals surface area contributed by atoms with E-state index >= 15 is 0 Å². The lowest BCUT2D eigenvalue weighted by Crippen LogP contribution is -2.56. The van der Waals surface area contributed by atoms with Crippen LogP contribution in [0.25, 0.3) is 0 Å². The van der Waals surface area contributed by atoms with Crippen molar-refractivity contribution in [1.29, 1.82) is 0 Å². The molecule has 0 spiro atoms. The maximum atomic E-state index is 6.34. The molecule has 0 aromatic heterocycles. The molecule has 0 unspecified atom stereocenters. The van der Waals surface area contributed by atoms with E-state index in [-0.39, 0.29) is 0 Å². The highest BCUT2D eigenvalue weighted by molar-refractivity contribution is 6.75. The third kappa shape index (κ3) is 5.38. The molecule has 4 nitrogen and oxygen atoms in total. The lowest BCUT2D eigenvalue weighted by molar-refractivity contribution is 0.0391. The Bertz CT molecular complexity index is 770. The van der Waals surface area contributed by atoms with Crippen LogP contribution in [0.3, 0.4) is 0 Å². The molecule has 5 heteroatoms. The van der Waals surface area contributed by atoms with E-state index < -0.39 is 8.80 Å². The predicted octanol–water partition coefficient (Wildman–Crippen LogP) is 3.80. The summed E-state index contributed by atoms with van der Waals surface area (Å²) in [6, 6.07) is 30.8. The molecule has 0 saturated carbocycles. The van der Waals surface area contributed by atoms with E-state index in [9.17, 15) is 0 Å². The van der Waals surface area contributed by atoms with Crippen LogP contribution in [0.15, 0.2) is 91.0 Å². The molecular weight excluding hydrogens is 366 g/mol. The minimum Gasteiger partial charge on any atom is -0.373 e. The minimum atomic E-state index is -2.96. The zero-order valence-electron chi connectivity index (χ0n) is 16.5. The molecule has 3 aromatic carbocycles. The van der Waals surface area contributed by atoms with Crippen molar-refractivity contribution in [1.82, 2.24) is 4.90 Å². The van der Waals surface area contributed by atoms with Crippen LogP contribution in [0, 0.1) is 0 Å². The van der Waals surface area contributed by atoms with Gasteiger partial charge >= 0.3 is 8.80 Å². The second kappa shape index (κ2) is 10.3. The molecule has 0 saturated heterocycles. The highest BCUT2D eigenvalue weighted by Crippen LogP contribution is 2.14. The Labute approximate surface area is 168 Å². The van der Waals surface area contributed by atoms with Crippen LogP contribution in [0.1, 0.15) is 11.1 Å². The van der Waals surface area contributed by atoms with E-state index in [1.807, 2.05) is 42.5 Å². The SMILES string of the molecule is CO[Si](OC)(OCN(Cc1ccccc1)Cc1ccccc1)c1ccccc1. The van der Waals surface area contributed by atoms with E-state index in [0.29, 0.717) is 6.73 Å². The second-order valence-corrected chi connectivity index (χ2v) is 9.36. The maximum absolute atomic E-state index is 6.34. The number of rotatable bonds is 10. The molecule has 0 radical (unpaired) electrons. The van der Waals surface area contributed by atoms with Crippen LogP contribution in [-0.4, -0.2) is 34.7 Å². The molecule has 0 N–H and O–H groups in total. The van der Waals surface area contributed by atoms with Crippen LogP contribution in [0.4, 0.5) is 0 Å². The van der Waals surface area contributed by atoms with Gasteiger partial charge in [0.05, 0.1) is 6.73 Å². The normalized spacial score (nSPS) is 11.7. The van der Waals surface area contributed by atoms with Gasteiger partial charge in [0.25, 0.3) is 0 Å². The maximum Gasteiger partial charge on any atom is 0.537 e. The Morgan fingerprint density at radius 3 is 1.50 bits per heavy atom. The molecule has 0 atom stereocenters. The summed E-state index contributed by atoms with van der Waals surface area (Å²) in [7, 11) is 0.350. The average molecular weight is 394 g/mol. The molecule has 146 valence electrons. The van der Waals surface area contributed by atoms with Gasteiger partial charge in [-0.1, -0.05) is 91.0 Å². The molecule has 0 bridgehead atoms. The smallest absolute Gasteiger partial charge is 0.373 e. The third-order valence-electron chi connectivity index (χ3n) is 4.60. The van der Waals surface area contributed by atoms with Crippen LogP contribution in [-0.2, 0) is 26.4 Å². The van der Waals surface area contributed by atoms with Gasteiger partial charge in [-0.2, -0.15) is 0 Å². The zero-order valence-corrected chi connectivity index (χ0v) is 17.5. The van der Waals surface area contributed by atoms with Gasteiger partial charge in [0, 0.05) is 32.5 Å². The van der Waals surface area contributed by atoms with Crippen molar-refractivity contribution in [3.05, 3.63) is 102 Å². The fourth-order valence-corrected chi connectivity index (χ4v) is 5.16. The number of nitrogens with zero attached hydrogens (tertiary/aromatic N) is 1. The van der Waals surface area contributed by atoms with Crippen LogP contribution >= 0.6 is 0 Å². The van der Waals surface area contributed by atoms with Crippen molar-refractivity contribution in [3.8, 4) is 0 Å². The fourth-order valence-electron chi connectivity index (χ4n) is 3.17. The van der Waals surface area contributed by atoms with Gasteiger partial charge in [-0.3, -0.25) is 4.90 Å². The highest BCUT2D eigenvalue weighted by atomic mass is 28.4. The molecule has 28 heavy (non-hydrogen) atoms. The summed E-state index contributed by atoms with van der Waals surface area (Å²) in [5, 5.41) is 0.958. The van der Waals surface area contributed by atoms with Crippen LogP contribution < -0.4 is 5.19 Å². The molecule has 3 aromatic rings. The molecule has 0 fully saturated rings. The molecule has 3 rings (SSSR count). The Morgan fingerprint density at radius 2 is 1.07 bits per heavy atom. The van der Waals surface area contributed by atoms with Crippen molar-refractivity contribution < 1.29 is 13.3 Å². The van der Waals surface area contributed by atoms with Crippen molar-refractivity contribution in [2.75, 3.05) is 21.0 Å². The first-order chi connectivity index (χ1) is 13.8. The average Bonchev–Trinajstić information content (AvgIpc) is 2.77. The van der Waals surface area contributed by atoms with Crippen LogP contribution in [0.5, 0.6) is 0 Å². The quantitative estimate of drug-likeness (QED) is 0.387. The fraction of sp³-hybridized carbons (Fsp3) is 0.217. The molecule has 0 amide bonds. The lowest BCUT2D eigenvalue weighted by atomic mass is 10.2. The Morgan fingerprint density at radius 1 is 0.643 bits per heavy atom. The van der Waals surface area contributed by atoms with Crippen molar-refractivity contribution in [2.24, 2.45) is 0 Å². The van der Waals surface area contributed by atoms with E-state index in [4.69, 9.17) is 13.3 Å². The van der Waals surface area contributed by atoms with Gasteiger partial charge in [0.1, 0.15) is 0 Å². The van der Waals surface area contributed by atoms with Gasteiger partial charge in [0.15, 0.2) is 0 Å². The summed E-state index contributed by atoms with van der Waals surface area (Å²) in [5.74, 6) is 0. The Hall–Kier alpha value is -2.28. The number of hydrogen-bond acceptors (Lipinski definition) is 4. The Balaban J connectivity index is 1.77. The summed E-state index contributed by atoms with van der Waals surface area (Å²) in [4.78, 5) is 2.26. The summed E-state index contributed by atoms with van der Waals surface area (Å²) in [5.41, 5.74) is 2.48. The summed E-state index contributed by atoms with van der Waals surface area (Å²) < 4.78 is 17.9. The molecular formula is C23H27NO3Si. The van der Waals surface area contributed by atoms with Gasteiger partial charge in [0.2, 0.25) is 0 Å². The Kier molecular flexibility index (Phi) is 7.53. The van der Waals surface area contributed by atoms with Crippen molar-refractivity contribution >= 4 is 14.0 Å². The number of hydrogen-bond donors (Lipinski definition) is 0. The highest BCUT2D eigenvalue weighted by Gasteiger charge is 2.42. The largest absolute Gasteiger partial charge is 0.537 e. The van der Waals surface area contributed by atoms with Gasteiger partial charge in [-0.15, -0.1) is 0 Å². The predicted molar refractivity (Wildman–Crippen MR) is 114 cm³/mol. The summed E-state index contributed by atoms with van der Waals surface area (Å²) >= 11 is 0. The molecule has 0 aliphatic rings. The van der Waals surface area contributed by atoms with Crippen LogP contribution in [0.2, 0.25) is 0 Å². The summed E-state index contributed by atoms with van der Waals surface area (Å²) in [6.45, 7) is 1.97. The molecule has 0 aliphatic heterocycles.